The van der Waals surface area contributed by atoms with Crippen molar-refractivity contribution in [2.45, 2.75) is 6.42 Å². The van der Waals surface area contributed by atoms with Crippen molar-refractivity contribution in [1.29, 1.82) is 0 Å². The molecule has 2 N–H and O–H groups in total. The molecule has 0 fully saturated rings. The molecule has 3 nitrogen and oxygen atoms in total. The monoisotopic (exact) mass is 211 g/mol. The summed E-state index contributed by atoms with van der Waals surface area (Å²) in [4.78, 5) is 11.2. The SMILES string of the molecule is COC(=O)C(CN)Cc1ccccc1F. The average Bonchev–Trinajstić information content (AvgIpc) is 2.27. The molecule has 0 radical (unpaired) electrons. The van der Waals surface area contributed by atoms with E-state index in [0.29, 0.717) is 5.56 Å². The number of rotatable bonds is 4. The lowest BCUT2D eigenvalue weighted by Crippen LogP contribution is -2.27. The van der Waals surface area contributed by atoms with E-state index in [4.69, 9.17) is 5.73 Å². The summed E-state index contributed by atoms with van der Waals surface area (Å²) in [5.74, 6) is -1.20. The number of esters is 1. The third-order valence-electron chi connectivity index (χ3n) is 2.24. The predicted octanol–water partition coefficient (Wildman–Crippen LogP) is 1.12. The molecular formula is C11H14FNO2. The van der Waals surface area contributed by atoms with E-state index in [9.17, 15) is 9.18 Å². The van der Waals surface area contributed by atoms with Crippen LogP contribution < -0.4 is 5.73 Å². The highest BCUT2D eigenvalue weighted by atomic mass is 19.1. The average molecular weight is 211 g/mol. The molecule has 0 saturated carbocycles. The third kappa shape index (κ3) is 3.02. The lowest BCUT2D eigenvalue weighted by Gasteiger charge is -2.12. The first kappa shape index (κ1) is 11.7. The van der Waals surface area contributed by atoms with Crippen LogP contribution in [0.15, 0.2) is 24.3 Å². The normalized spacial score (nSPS) is 12.2. The lowest BCUT2D eigenvalue weighted by atomic mass is 9.99. The van der Waals surface area contributed by atoms with Crippen molar-refractivity contribution in [3.05, 3.63) is 35.6 Å². The van der Waals surface area contributed by atoms with Gasteiger partial charge in [0, 0.05) is 6.54 Å². The van der Waals surface area contributed by atoms with Gasteiger partial charge in [0.1, 0.15) is 5.82 Å². The fourth-order valence-corrected chi connectivity index (χ4v) is 1.36. The Bertz CT molecular complexity index is 341. The van der Waals surface area contributed by atoms with Crippen LogP contribution in [0.3, 0.4) is 0 Å². The van der Waals surface area contributed by atoms with Crippen molar-refractivity contribution in [1.82, 2.24) is 0 Å². The molecule has 0 spiro atoms. The van der Waals surface area contributed by atoms with Gasteiger partial charge in [-0.2, -0.15) is 0 Å². The summed E-state index contributed by atoms with van der Waals surface area (Å²) in [6.45, 7) is 0.154. The zero-order chi connectivity index (χ0) is 11.3. The number of hydrogen-bond acceptors (Lipinski definition) is 3. The van der Waals surface area contributed by atoms with E-state index in [1.807, 2.05) is 0 Å². The second kappa shape index (κ2) is 5.46. The topological polar surface area (TPSA) is 52.3 Å². The van der Waals surface area contributed by atoms with E-state index < -0.39 is 11.9 Å². The van der Waals surface area contributed by atoms with Crippen molar-refractivity contribution in [3.63, 3.8) is 0 Å². The summed E-state index contributed by atoms with van der Waals surface area (Å²) in [5, 5.41) is 0. The lowest BCUT2D eigenvalue weighted by molar-refractivity contribution is -0.145. The molecule has 1 rings (SSSR count). The highest BCUT2D eigenvalue weighted by Crippen LogP contribution is 2.13. The van der Waals surface area contributed by atoms with Crippen LogP contribution in [0.25, 0.3) is 0 Å². The molecule has 0 aromatic heterocycles. The standard InChI is InChI=1S/C11H14FNO2/c1-15-11(14)9(7-13)6-8-4-2-3-5-10(8)12/h2-5,9H,6-7,13H2,1H3. The molecule has 0 aliphatic carbocycles. The van der Waals surface area contributed by atoms with Gasteiger partial charge in [-0.1, -0.05) is 18.2 Å². The van der Waals surface area contributed by atoms with Crippen LogP contribution >= 0.6 is 0 Å². The van der Waals surface area contributed by atoms with Crippen molar-refractivity contribution in [2.24, 2.45) is 11.7 Å². The molecule has 0 amide bonds. The van der Waals surface area contributed by atoms with Crippen LogP contribution in [-0.4, -0.2) is 19.6 Å². The summed E-state index contributed by atoms with van der Waals surface area (Å²) in [5.41, 5.74) is 5.91. The summed E-state index contributed by atoms with van der Waals surface area (Å²) in [6, 6.07) is 6.33. The van der Waals surface area contributed by atoms with Crippen LogP contribution in [0, 0.1) is 11.7 Å². The van der Waals surface area contributed by atoms with Gasteiger partial charge in [-0.15, -0.1) is 0 Å². The van der Waals surface area contributed by atoms with Crippen molar-refractivity contribution in [3.8, 4) is 0 Å². The zero-order valence-corrected chi connectivity index (χ0v) is 8.57. The van der Waals surface area contributed by atoms with Crippen molar-refractivity contribution in [2.75, 3.05) is 13.7 Å². The second-order valence-electron chi connectivity index (χ2n) is 3.25. The number of halogens is 1. The first-order valence-electron chi connectivity index (χ1n) is 4.70. The summed E-state index contributed by atoms with van der Waals surface area (Å²) < 4.78 is 17.8. The number of nitrogens with two attached hydrogens (primary N) is 1. The highest BCUT2D eigenvalue weighted by molar-refractivity contribution is 5.72. The second-order valence-corrected chi connectivity index (χ2v) is 3.25. The van der Waals surface area contributed by atoms with Gasteiger partial charge in [-0.3, -0.25) is 4.79 Å². The van der Waals surface area contributed by atoms with E-state index in [1.54, 1.807) is 18.2 Å². The van der Waals surface area contributed by atoms with Gasteiger partial charge in [-0.25, -0.2) is 4.39 Å². The first-order chi connectivity index (χ1) is 7.19. The highest BCUT2D eigenvalue weighted by Gasteiger charge is 2.19. The molecule has 15 heavy (non-hydrogen) atoms. The molecule has 1 aromatic carbocycles. The number of carbonyl (C=O) groups is 1. The molecule has 0 saturated heterocycles. The van der Waals surface area contributed by atoms with Crippen LogP contribution in [-0.2, 0) is 16.0 Å². The van der Waals surface area contributed by atoms with Gasteiger partial charge in [0.2, 0.25) is 0 Å². The van der Waals surface area contributed by atoms with Gasteiger partial charge in [0.15, 0.2) is 0 Å². The largest absolute Gasteiger partial charge is 0.469 e. The Morgan fingerprint density at radius 3 is 2.73 bits per heavy atom. The smallest absolute Gasteiger partial charge is 0.310 e. The van der Waals surface area contributed by atoms with E-state index in [-0.39, 0.29) is 18.8 Å². The van der Waals surface area contributed by atoms with Gasteiger partial charge in [-0.05, 0) is 18.1 Å². The van der Waals surface area contributed by atoms with Crippen molar-refractivity contribution < 1.29 is 13.9 Å². The van der Waals surface area contributed by atoms with Crippen LogP contribution in [0.2, 0.25) is 0 Å². The third-order valence-corrected chi connectivity index (χ3v) is 2.24. The van der Waals surface area contributed by atoms with Crippen LogP contribution in [0.1, 0.15) is 5.56 Å². The fraction of sp³-hybridized carbons (Fsp3) is 0.364. The quantitative estimate of drug-likeness (QED) is 0.759. The minimum atomic E-state index is -0.480. The van der Waals surface area contributed by atoms with Gasteiger partial charge in [0.25, 0.3) is 0 Å². The molecule has 1 aromatic rings. The molecule has 0 aliphatic heterocycles. The maximum Gasteiger partial charge on any atom is 0.310 e. The van der Waals surface area contributed by atoms with E-state index in [1.165, 1.54) is 13.2 Å². The number of benzene rings is 1. The van der Waals surface area contributed by atoms with Gasteiger partial charge < -0.3 is 10.5 Å². The Morgan fingerprint density at radius 2 is 2.20 bits per heavy atom. The van der Waals surface area contributed by atoms with E-state index in [0.717, 1.165) is 0 Å². The Morgan fingerprint density at radius 1 is 1.53 bits per heavy atom. The summed E-state index contributed by atoms with van der Waals surface area (Å²) >= 11 is 0. The molecule has 1 atom stereocenters. The number of ether oxygens (including phenoxy) is 1. The fourth-order valence-electron chi connectivity index (χ4n) is 1.36. The Labute approximate surface area is 88.0 Å². The summed E-state index contributed by atoms with van der Waals surface area (Å²) in [7, 11) is 1.30. The van der Waals surface area contributed by atoms with Crippen LogP contribution in [0.4, 0.5) is 4.39 Å². The maximum atomic E-state index is 13.3. The molecular weight excluding hydrogens is 197 g/mol. The molecule has 82 valence electrons. The minimum Gasteiger partial charge on any atom is -0.469 e. The van der Waals surface area contributed by atoms with Crippen molar-refractivity contribution >= 4 is 5.97 Å². The Balaban J connectivity index is 2.75. The number of methoxy groups -OCH3 is 1. The maximum absolute atomic E-state index is 13.3. The first-order valence-corrected chi connectivity index (χ1v) is 4.70. The van der Waals surface area contributed by atoms with E-state index >= 15 is 0 Å². The van der Waals surface area contributed by atoms with Crippen LogP contribution in [0.5, 0.6) is 0 Å². The molecule has 0 bridgehead atoms. The zero-order valence-electron chi connectivity index (χ0n) is 8.57. The number of hydrogen-bond donors (Lipinski definition) is 1. The molecule has 0 aliphatic rings. The molecule has 4 heteroatoms. The summed E-state index contributed by atoms with van der Waals surface area (Å²) in [6.07, 6.45) is 0.274. The Hall–Kier alpha value is -1.42. The Kier molecular flexibility index (Phi) is 4.24. The predicted molar refractivity (Wildman–Crippen MR) is 54.7 cm³/mol. The van der Waals surface area contributed by atoms with Gasteiger partial charge >= 0.3 is 5.97 Å². The molecule has 0 heterocycles. The van der Waals surface area contributed by atoms with E-state index in [2.05, 4.69) is 4.74 Å². The number of carbonyl (C=O) groups excluding carboxylic acids is 1. The van der Waals surface area contributed by atoms with Gasteiger partial charge in [0.05, 0.1) is 13.0 Å². The minimum absolute atomic E-state index is 0.154. The molecule has 1 unspecified atom stereocenters.